The zero-order chi connectivity index (χ0) is 15.3. The van der Waals surface area contributed by atoms with Crippen LogP contribution in [-0.2, 0) is 9.53 Å². The van der Waals surface area contributed by atoms with Crippen LogP contribution in [-0.4, -0.2) is 18.4 Å². The minimum Gasteiger partial charge on any atom is -0.454 e. The van der Waals surface area contributed by atoms with Gasteiger partial charge in [0.2, 0.25) is 5.78 Å². The molecule has 0 aliphatic heterocycles. The molecule has 0 atom stereocenters. The molecule has 0 heterocycles. The van der Waals surface area contributed by atoms with Crippen LogP contribution in [0.1, 0.15) is 17.3 Å². The van der Waals surface area contributed by atoms with E-state index in [4.69, 9.17) is 22.6 Å². The van der Waals surface area contributed by atoms with Gasteiger partial charge < -0.3 is 10.5 Å². The molecule has 0 amide bonds. The molecule has 7 heteroatoms. The molecular formula is C13H10ClFN2O3. The van der Waals surface area contributed by atoms with Crippen molar-refractivity contribution >= 4 is 23.4 Å². The topological polar surface area (TPSA) is 93.2 Å². The maximum absolute atomic E-state index is 13.4. The highest BCUT2D eigenvalue weighted by Gasteiger charge is 2.20. The van der Waals surface area contributed by atoms with Crippen LogP contribution in [0.15, 0.2) is 29.5 Å². The van der Waals surface area contributed by atoms with Crippen molar-refractivity contribution in [3.8, 4) is 6.07 Å². The summed E-state index contributed by atoms with van der Waals surface area (Å²) < 4.78 is 18.1. The summed E-state index contributed by atoms with van der Waals surface area (Å²) in [5.41, 5.74) is 4.57. The minimum absolute atomic E-state index is 0.0115. The van der Waals surface area contributed by atoms with E-state index >= 15 is 0 Å². The largest absolute Gasteiger partial charge is 0.454 e. The number of hydrogen-bond donors (Lipinski definition) is 1. The molecule has 0 aliphatic carbocycles. The maximum atomic E-state index is 13.4. The number of Topliss-reactive ketones (excluding diaryl/α,β-unsaturated/α-hetero) is 1. The predicted molar refractivity (Wildman–Crippen MR) is 69.2 cm³/mol. The van der Waals surface area contributed by atoms with Crippen molar-refractivity contribution in [1.82, 2.24) is 0 Å². The quantitative estimate of drug-likeness (QED) is 0.521. The number of carbonyl (C=O) groups excluding carboxylic acids is 2. The van der Waals surface area contributed by atoms with E-state index in [-0.39, 0.29) is 16.3 Å². The Hall–Kier alpha value is -2.39. The van der Waals surface area contributed by atoms with E-state index in [9.17, 15) is 14.0 Å². The van der Waals surface area contributed by atoms with Gasteiger partial charge >= 0.3 is 5.97 Å². The van der Waals surface area contributed by atoms with Crippen LogP contribution in [0.5, 0.6) is 0 Å². The number of nitrogens with zero attached hydrogens (tertiary/aromatic N) is 1. The van der Waals surface area contributed by atoms with Crippen LogP contribution in [0.2, 0.25) is 5.02 Å². The van der Waals surface area contributed by atoms with Gasteiger partial charge in [-0.25, -0.2) is 9.18 Å². The number of nitriles is 1. The molecule has 1 aromatic rings. The molecule has 0 bridgehead atoms. The van der Waals surface area contributed by atoms with Crippen LogP contribution >= 0.6 is 11.6 Å². The lowest BCUT2D eigenvalue weighted by molar-refractivity contribution is -0.118. The zero-order valence-corrected chi connectivity index (χ0v) is 11.2. The highest BCUT2D eigenvalue weighted by Crippen LogP contribution is 2.19. The molecule has 0 aromatic heterocycles. The molecule has 0 saturated carbocycles. The molecule has 0 fully saturated rings. The zero-order valence-electron chi connectivity index (χ0n) is 10.4. The number of nitrogens with two attached hydrogens (primary N) is 1. The Morgan fingerprint density at radius 2 is 2.15 bits per heavy atom. The average Bonchev–Trinajstić information content (AvgIpc) is 2.36. The lowest BCUT2D eigenvalue weighted by atomic mass is 10.1. The second-order valence-corrected chi connectivity index (χ2v) is 4.17. The van der Waals surface area contributed by atoms with Crippen LogP contribution in [0.3, 0.4) is 0 Å². The van der Waals surface area contributed by atoms with Crippen molar-refractivity contribution in [3.05, 3.63) is 45.9 Å². The Kier molecular flexibility index (Phi) is 5.23. The van der Waals surface area contributed by atoms with E-state index in [1.165, 1.54) is 19.1 Å². The third kappa shape index (κ3) is 3.56. The maximum Gasteiger partial charge on any atom is 0.343 e. The van der Waals surface area contributed by atoms with Crippen molar-refractivity contribution in [2.45, 2.75) is 6.92 Å². The molecule has 1 aromatic carbocycles. The van der Waals surface area contributed by atoms with E-state index < -0.39 is 29.7 Å². The number of ketones is 1. The monoisotopic (exact) mass is 296 g/mol. The summed E-state index contributed by atoms with van der Waals surface area (Å²) >= 11 is 5.67. The number of rotatable bonds is 4. The summed E-state index contributed by atoms with van der Waals surface area (Å²) in [7, 11) is 0. The summed E-state index contributed by atoms with van der Waals surface area (Å²) in [6.45, 7) is 0.646. The van der Waals surface area contributed by atoms with Gasteiger partial charge in [0.25, 0.3) is 0 Å². The fourth-order valence-electron chi connectivity index (χ4n) is 1.34. The normalized spacial score (nSPS) is 11.3. The van der Waals surface area contributed by atoms with E-state index in [0.29, 0.717) is 0 Å². The summed E-state index contributed by atoms with van der Waals surface area (Å²) in [6, 6.07) is 5.28. The van der Waals surface area contributed by atoms with E-state index in [2.05, 4.69) is 4.74 Å². The van der Waals surface area contributed by atoms with Crippen molar-refractivity contribution in [2.75, 3.05) is 6.61 Å². The average molecular weight is 297 g/mol. The van der Waals surface area contributed by atoms with E-state index in [0.717, 1.165) is 6.07 Å². The lowest BCUT2D eigenvalue weighted by Gasteiger charge is -2.06. The molecule has 104 valence electrons. The Bertz CT molecular complexity index is 611. The SMILES string of the molecule is CC(N)=C(C#N)C(=O)COC(=O)c1c(F)cccc1Cl. The first-order chi connectivity index (χ1) is 9.38. The number of carbonyl (C=O) groups is 2. The van der Waals surface area contributed by atoms with Crippen LogP contribution < -0.4 is 5.73 Å². The molecule has 2 N–H and O–H groups in total. The van der Waals surface area contributed by atoms with Gasteiger partial charge in [-0.3, -0.25) is 4.79 Å². The first kappa shape index (κ1) is 15.7. The van der Waals surface area contributed by atoms with Gasteiger partial charge in [-0.2, -0.15) is 5.26 Å². The Morgan fingerprint density at radius 1 is 1.50 bits per heavy atom. The number of ether oxygens (including phenoxy) is 1. The Morgan fingerprint density at radius 3 is 2.65 bits per heavy atom. The Balaban J connectivity index is 2.82. The Labute approximate surface area is 119 Å². The van der Waals surface area contributed by atoms with E-state index in [1.54, 1.807) is 6.07 Å². The number of esters is 1. The summed E-state index contributed by atoms with van der Waals surface area (Å²) in [4.78, 5) is 23.2. The van der Waals surface area contributed by atoms with Crippen LogP contribution in [0.4, 0.5) is 4.39 Å². The number of benzene rings is 1. The fourth-order valence-corrected chi connectivity index (χ4v) is 1.58. The minimum atomic E-state index is -1.09. The van der Waals surface area contributed by atoms with Crippen molar-refractivity contribution < 1.29 is 18.7 Å². The standard InChI is InChI=1S/C13H10ClFN2O3/c1-7(17)8(5-16)11(18)6-20-13(19)12-9(14)3-2-4-10(12)15/h2-4H,6,17H2,1H3. The second-order valence-electron chi connectivity index (χ2n) is 3.77. The van der Waals surface area contributed by atoms with Crippen molar-refractivity contribution in [1.29, 1.82) is 5.26 Å². The summed E-state index contributed by atoms with van der Waals surface area (Å²) in [5.74, 6) is -2.72. The number of halogens is 2. The van der Waals surface area contributed by atoms with Gasteiger partial charge in [0.05, 0.1) is 5.02 Å². The molecule has 5 nitrogen and oxygen atoms in total. The number of hydrogen-bond acceptors (Lipinski definition) is 5. The smallest absolute Gasteiger partial charge is 0.343 e. The molecule has 1 rings (SSSR count). The summed E-state index contributed by atoms with van der Waals surface area (Å²) in [5, 5.41) is 8.58. The lowest BCUT2D eigenvalue weighted by Crippen LogP contribution is -2.18. The first-order valence-electron chi connectivity index (χ1n) is 5.39. The molecule has 0 aliphatic rings. The van der Waals surface area contributed by atoms with Gasteiger partial charge in [0, 0.05) is 5.70 Å². The van der Waals surface area contributed by atoms with Crippen LogP contribution in [0.25, 0.3) is 0 Å². The van der Waals surface area contributed by atoms with Gasteiger partial charge in [0.1, 0.15) is 23.0 Å². The molecule has 0 saturated heterocycles. The first-order valence-corrected chi connectivity index (χ1v) is 5.77. The fraction of sp³-hybridized carbons (Fsp3) is 0.154. The second kappa shape index (κ2) is 6.68. The molecule has 0 spiro atoms. The highest BCUT2D eigenvalue weighted by molar-refractivity contribution is 6.33. The van der Waals surface area contributed by atoms with Crippen LogP contribution in [0, 0.1) is 17.1 Å². The van der Waals surface area contributed by atoms with Crippen molar-refractivity contribution in [2.24, 2.45) is 5.73 Å². The third-order valence-electron chi connectivity index (χ3n) is 2.29. The molecule has 20 heavy (non-hydrogen) atoms. The molecule has 0 radical (unpaired) electrons. The summed E-state index contributed by atoms with van der Waals surface area (Å²) in [6.07, 6.45) is 0. The van der Waals surface area contributed by atoms with Crippen molar-refractivity contribution in [3.63, 3.8) is 0 Å². The molecule has 0 unspecified atom stereocenters. The third-order valence-corrected chi connectivity index (χ3v) is 2.60. The van der Waals surface area contributed by atoms with E-state index in [1.807, 2.05) is 0 Å². The van der Waals surface area contributed by atoms with Gasteiger partial charge in [-0.05, 0) is 19.1 Å². The van der Waals surface area contributed by atoms with Gasteiger partial charge in [-0.15, -0.1) is 0 Å². The predicted octanol–water partition coefficient (Wildman–Crippen LogP) is 1.96. The van der Waals surface area contributed by atoms with Gasteiger partial charge in [-0.1, -0.05) is 17.7 Å². The highest BCUT2D eigenvalue weighted by atomic mass is 35.5. The number of allylic oxidation sites excluding steroid dienone is 1. The molecular weight excluding hydrogens is 287 g/mol. The van der Waals surface area contributed by atoms with Gasteiger partial charge in [0.15, 0.2) is 6.61 Å².